The van der Waals surface area contributed by atoms with Gasteiger partial charge in [-0.05, 0) is 44.5 Å². The summed E-state index contributed by atoms with van der Waals surface area (Å²) < 4.78 is 32.4. The Morgan fingerprint density at radius 3 is 2.30 bits per heavy atom. The van der Waals surface area contributed by atoms with Gasteiger partial charge in [0.05, 0.1) is 17.1 Å². The van der Waals surface area contributed by atoms with Crippen LogP contribution in [0.2, 0.25) is 0 Å². The highest BCUT2D eigenvalue weighted by Gasteiger charge is 2.32. The molecule has 1 amide bonds. The lowest BCUT2D eigenvalue weighted by Crippen LogP contribution is -2.48. The predicted octanol–water partition coefficient (Wildman–Crippen LogP) is 2.22. The number of nitrogens with zero attached hydrogens (tertiary/aromatic N) is 1. The van der Waals surface area contributed by atoms with E-state index in [1.54, 1.807) is 12.1 Å². The number of sulfonamides is 1. The first kappa shape index (κ1) is 17.9. The van der Waals surface area contributed by atoms with Gasteiger partial charge in [0.2, 0.25) is 15.9 Å². The van der Waals surface area contributed by atoms with Crippen LogP contribution in [0.5, 0.6) is 0 Å². The topological polar surface area (TPSA) is 75.7 Å². The normalized spacial score (nSPS) is 22.7. The average Bonchev–Trinajstić information content (AvgIpc) is 2.47. The smallest absolute Gasteiger partial charge is 0.243 e. The van der Waals surface area contributed by atoms with Crippen molar-refractivity contribution in [2.45, 2.75) is 50.7 Å². The summed E-state index contributed by atoms with van der Waals surface area (Å²) in [5, 5.41) is 2.75. The van der Waals surface area contributed by atoms with Crippen LogP contribution in [-0.4, -0.2) is 43.9 Å². The maximum Gasteiger partial charge on any atom is 0.243 e. The fourth-order valence-electron chi connectivity index (χ4n) is 2.64. The molecule has 1 aromatic rings. The molecular weight excluding hydrogens is 316 g/mol. The van der Waals surface area contributed by atoms with E-state index in [4.69, 9.17) is 4.74 Å². The Hall–Kier alpha value is -1.44. The standard InChI is InChI=1S/C16H24N2O4S/c1-4-5-16(19)17-14-6-8-15(9-7-14)23(20,21)18-10-12(2)22-13(3)11-18/h6-9,12-13H,4-5,10-11H2,1-3H3,(H,17,19). The van der Waals surface area contributed by atoms with Gasteiger partial charge >= 0.3 is 0 Å². The molecule has 0 radical (unpaired) electrons. The number of nitrogens with one attached hydrogen (secondary N) is 1. The van der Waals surface area contributed by atoms with Crippen LogP contribution in [0, 0.1) is 0 Å². The number of carbonyl (C=O) groups excluding carboxylic acids is 1. The molecule has 7 heteroatoms. The van der Waals surface area contributed by atoms with E-state index in [-0.39, 0.29) is 23.0 Å². The Morgan fingerprint density at radius 1 is 1.22 bits per heavy atom. The van der Waals surface area contributed by atoms with Crippen molar-refractivity contribution < 1.29 is 17.9 Å². The largest absolute Gasteiger partial charge is 0.373 e. The first-order valence-electron chi connectivity index (χ1n) is 7.88. The molecule has 0 saturated carbocycles. The second-order valence-corrected chi connectivity index (χ2v) is 7.84. The third-order valence-electron chi connectivity index (χ3n) is 3.64. The van der Waals surface area contributed by atoms with E-state index in [9.17, 15) is 13.2 Å². The monoisotopic (exact) mass is 340 g/mol. The first-order chi connectivity index (χ1) is 10.8. The second-order valence-electron chi connectivity index (χ2n) is 5.90. The molecule has 0 aliphatic carbocycles. The van der Waals surface area contributed by atoms with Gasteiger partial charge in [-0.3, -0.25) is 4.79 Å². The zero-order chi connectivity index (χ0) is 17.0. The van der Waals surface area contributed by atoms with Crippen LogP contribution >= 0.6 is 0 Å². The van der Waals surface area contributed by atoms with Gasteiger partial charge in [-0.2, -0.15) is 4.31 Å². The molecule has 0 bridgehead atoms. The highest BCUT2D eigenvalue weighted by Crippen LogP contribution is 2.22. The van der Waals surface area contributed by atoms with Gasteiger partial charge in [0, 0.05) is 25.2 Å². The van der Waals surface area contributed by atoms with Gasteiger partial charge in [0.15, 0.2) is 0 Å². The zero-order valence-electron chi connectivity index (χ0n) is 13.8. The maximum absolute atomic E-state index is 12.7. The molecule has 2 rings (SSSR count). The Morgan fingerprint density at radius 2 is 1.78 bits per heavy atom. The SMILES string of the molecule is CCCC(=O)Nc1ccc(S(=O)(=O)N2CC(C)OC(C)C2)cc1. The summed E-state index contributed by atoms with van der Waals surface area (Å²) in [7, 11) is -3.54. The van der Waals surface area contributed by atoms with Crippen molar-refractivity contribution >= 4 is 21.6 Å². The van der Waals surface area contributed by atoms with Crippen molar-refractivity contribution in [1.29, 1.82) is 0 Å². The molecule has 1 aliphatic heterocycles. The zero-order valence-corrected chi connectivity index (χ0v) is 14.6. The lowest BCUT2D eigenvalue weighted by Gasteiger charge is -2.34. The molecule has 1 saturated heterocycles. The van der Waals surface area contributed by atoms with Crippen LogP contribution in [0.1, 0.15) is 33.6 Å². The number of amides is 1. The molecule has 6 nitrogen and oxygen atoms in total. The van der Waals surface area contributed by atoms with Crippen LogP contribution < -0.4 is 5.32 Å². The number of ether oxygens (including phenoxy) is 1. The summed E-state index contributed by atoms with van der Waals surface area (Å²) in [5.41, 5.74) is 0.603. The average molecular weight is 340 g/mol. The van der Waals surface area contributed by atoms with Crippen LogP contribution in [-0.2, 0) is 19.6 Å². The summed E-state index contributed by atoms with van der Waals surface area (Å²) in [6.45, 7) is 6.36. The van der Waals surface area contributed by atoms with Gasteiger partial charge in [-0.15, -0.1) is 0 Å². The molecule has 1 heterocycles. The minimum atomic E-state index is -3.54. The molecule has 0 spiro atoms. The van der Waals surface area contributed by atoms with E-state index >= 15 is 0 Å². The van der Waals surface area contributed by atoms with Crippen molar-refractivity contribution in [2.24, 2.45) is 0 Å². The van der Waals surface area contributed by atoms with Gasteiger partial charge in [0.1, 0.15) is 0 Å². The molecule has 1 aliphatic rings. The molecule has 2 unspecified atom stereocenters. The molecule has 1 N–H and O–H groups in total. The van der Waals surface area contributed by atoms with Gasteiger partial charge in [0.25, 0.3) is 0 Å². The van der Waals surface area contributed by atoms with Crippen molar-refractivity contribution in [2.75, 3.05) is 18.4 Å². The third-order valence-corrected chi connectivity index (χ3v) is 5.48. The predicted molar refractivity (Wildman–Crippen MR) is 88.7 cm³/mol. The minimum Gasteiger partial charge on any atom is -0.373 e. The molecule has 1 aromatic carbocycles. The Labute approximate surface area is 137 Å². The molecule has 2 atom stereocenters. The van der Waals surface area contributed by atoms with Gasteiger partial charge in [-0.1, -0.05) is 6.92 Å². The summed E-state index contributed by atoms with van der Waals surface area (Å²) >= 11 is 0. The summed E-state index contributed by atoms with van der Waals surface area (Å²) in [5.74, 6) is -0.0704. The summed E-state index contributed by atoms with van der Waals surface area (Å²) in [6.07, 6.45) is 0.970. The number of carbonyl (C=O) groups is 1. The van der Waals surface area contributed by atoms with E-state index in [0.29, 0.717) is 25.2 Å². The van der Waals surface area contributed by atoms with Crippen molar-refractivity contribution in [1.82, 2.24) is 4.31 Å². The van der Waals surface area contributed by atoms with Crippen LogP contribution in [0.4, 0.5) is 5.69 Å². The Bertz CT molecular complexity index is 633. The molecule has 0 aromatic heterocycles. The number of hydrogen-bond acceptors (Lipinski definition) is 4. The van der Waals surface area contributed by atoms with Crippen LogP contribution in [0.3, 0.4) is 0 Å². The highest BCUT2D eigenvalue weighted by atomic mass is 32.2. The van der Waals surface area contributed by atoms with E-state index in [1.165, 1.54) is 16.4 Å². The minimum absolute atomic E-state index is 0.0704. The number of rotatable bonds is 5. The number of anilines is 1. The van der Waals surface area contributed by atoms with Crippen molar-refractivity contribution in [3.05, 3.63) is 24.3 Å². The lowest BCUT2D eigenvalue weighted by atomic mass is 10.3. The Kier molecular flexibility index (Phi) is 5.78. The van der Waals surface area contributed by atoms with E-state index in [1.807, 2.05) is 20.8 Å². The molecule has 23 heavy (non-hydrogen) atoms. The number of benzene rings is 1. The lowest BCUT2D eigenvalue weighted by molar-refractivity contribution is -0.116. The van der Waals surface area contributed by atoms with E-state index < -0.39 is 10.0 Å². The highest BCUT2D eigenvalue weighted by molar-refractivity contribution is 7.89. The van der Waals surface area contributed by atoms with Gasteiger partial charge < -0.3 is 10.1 Å². The van der Waals surface area contributed by atoms with Crippen molar-refractivity contribution in [3.63, 3.8) is 0 Å². The van der Waals surface area contributed by atoms with Crippen LogP contribution in [0.25, 0.3) is 0 Å². The number of hydrogen-bond donors (Lipinski definition) is 1. The second kappa shape index (κ2) is 7.42. The van der Waals surface area contributed by atoms with E-state index in [2.05, 4.69) is 5.32 Å². The Balaban J connectivity index is 2.12. The first-order valence-corrected chi connectivity index (χ1v) is 9.32. The number of morpholine rings is 1. The van der Waals surface area contributed by atoms with Crippen LogP contribution in [0.15, 0.2) is 29.2 Å². The van der Waals surface area contributed by atoms with Crippen molar-refractivity contribution in [3.8, 4) is 0 Å². The molecular formula is C16H24N2O4S. The molecule has 128 valence electrons. The third kappa shape index (κ3) is 4.53. The fourth-order valence-corrected chi connectivity index (χ4v) is 4.23. The van der Waals surface area contributed by atoms with E-state index in [0.717, 1.165) is 6.42 Å². The van der Waals surface area contributed by atoms with Gasteiger partial charge in [-0.25, -0.2) is 8.42 Å². The quantitative estimate of drug-likeness (QED) is 0.892. The summed E-state index contributed by atoms with van der Waals surface area (Å²) in [4.78, 5) is 11.8. The maximum atomic E-state index is 12.7. The molecule has 1 fully saturated rings. The fraction of sp³-hybridized carbons (Fsp3) is 0.562. The summed E-state index contributed by atoms with van der Waals surface area (Å²) in [6, 6.07) is 6.30.